The van der Waals surface area contributed by atoms with Gasteiger partial charge in [0, 0.05) is 0 Å². The number of nitrogens with zero attached hydrogens (tertiary/aromatic N) is 1. The average Bonchev–Trinajstić information content (AvgIpc) is 2.34. The summed E-state index contributed by atoms with van der Waals surface area (Å²) < 4.78 is 0. The van der Waals surface area contributed by atoms with Crippen LogP contribution in [-0.4, -0.2) is 29.8 Å². The Bertz CT molecular complexity index is 435. The van der Waals surface area contributed by atoms with E-state index in [2.05, 4.69) is 31.3 Å². The van der Waals surface area contributed by atoms with Crippen molar-refractivity contribution < 1.29 is 9.59 Å². The normalized spacial score (nSPS) is 16.5. The van der Waals surface area contributed by atoms with Crippen molar-refractivity contribution in [3.63, 3.8) is 0 Å². The third-order valence-corrected chi connectivity index (χ3v) is 3.14. The summed E-state index contributed by atoms with van der Waals surface area (Å²) in [7, 11) is 0. The van der Waals surface area contributed by atoms with Gasteiger partial charge in [-0.05, 0) is 17.0 Å². The first-order valence-corrected chi connectivity index (χ1v) is 6.20. The lowest BCUT2D eigenvalue weighted by atomic mass is 10.0. The largest absolute Gasteiger partial charge is 0.300 e. The fourth-order valence-electron chi connectivity index (χ4n) is 1.97. The standard InChI is InChI=1S/C14H18N2O2/c1-10(2)12-5-3-11(4-6-12)9-16-13(17)7-15-8-14(16)18/h3-6,10,15H,7-9H2,1-2H3. The number of hydrogen-bond acceptors (Lipinski definition) is 3. The molecule has 1 N–H and O–H groups in total. The van der Waals surface area contributed by atoms with Crippen LogP contribution in [0.2, 0.25) is 0 Å². The lowest BCUT2D eigenvalue weighted by Crippen LogP contribution is -2.51. The molecular weight excluding hydrogens is 228 g/mol. The Labute approximate surface area is 107 Å². The number of carbonyl (C=O) groups excluding carboxylic acids is 2. The number of carbonyl (C=O) groups is 2. The second-order valence-corrected chi connectivity index (χ2v) is 4.87. The zero-order valence-corrected chi connectivity index (χ0v) is 10.8. The number of hydrogen-bond donors (Lipinski definition) is 1. The van der Waals surface area contributed by atoms with E-state index in [9.17, 15) is 9.59 Å². The molecule has 0 spiro atoms. The van der Waals surface area contributed by atoms with Crippen molar-refractivity contribution >= 4 is 11.8 Å². The first-order valence-electron chi connectivity index (χ1n) is 6.20. The molecule has 1 aliphatic heterocycles. The molecule has 1 aliphatic rings. The van der Waals surface area contributed by atoms with Gasteiger partial charge in [-0.15, -0.1) is 0 Å². The molecule has 0 unspecified atom stereocenters. The van der Waals surface area contributed by atoms with Crippen LogP contribution in [-0.2, 0) is 16.1 Å². The van der Waals surface area contributed by atoms with Gasteiger partial charge in [0.1, 0.15) is 0 Å². The minimum absolute atomic E-state index is 0.154. The maximum absolute atomic E-state index is 11.6. The van der Waals surface area contributed by atoms with Crippen molar-refractivity contribution in [3.8, 4) is 0 Å². The fourth-order valence-corrected chi connectivity index (χ4v) is 1.97. The second-order valence-electron chi connectivity index (χ2n) is 4.87. The smallest absolute Gasteiger partial charge is 0.243 e. The van der Waals surface area contributed by atoms with E-state index >= 15 is 0 Å². The summed E-state index contributed by atoms with van der Waals surface area (Å²) in [6.07, 6.45) is 0. The Balaban J connectivity index is 2.08. The van der Waals surface area contributed by atoms with E-state index in [1.54, 1.807) is 0 Å². The molecule has 1 saturated heterocycles. The number of rotatable bonds is 3. The van der Waals surface area contributed by atoms with Crippen molar-refractivity contribution in [2.45, 2.75) is 26.3 Å². The summed E-state index contributed by atoms with van der Waals surface area (Å²) in [6.45, 7) is 5.14. The number of imide groups is 1. The summed E-state index contributed by atoms with van der Waals surface area (Å²) >= 11 is 0. The molecule has 0 radical (unpaired) electrons. The van der Waals surface area contributed by atoms with Crippen LogP contribution in [0.4, 0.5) is 0 Å². The molecule has 2 rings (SSSR count). The molecule has 0 aromatic heterocycles. The fraction of sp³-hybridized carbons (Fsp3) is 0.429. The van der Waals surface area contributed by atoms with E-state index in [0.29, 0.717) is 12.5 Å². The molecule has 1 aromatic rings. The minimum Gasteiger partial charge on any atom is -0.300 e. The molecule has 4 nitrogen and oxygen atoms in total. The summed E-state index contributed by atoms with van der Waals surface area (Å²) in [6, 6.07) is 8.07. The highest BCUT2D eigenvalue weighted by Gasteiger charge is 2.25. The molecule has 2 amide bonds. The zero-order valence-electron chi connectivity index (χ0n) is 10.8. The van der Waals surface area contributed by atoms with Crippen LogP contribution in [0.1, 0.15) is 30.9 Å². The van der Waals surface area contributed by atoms with Crippen LogP contribution in [0, 0.1) is 0 Å². The summed E-state index contributed by atoms with van der Waals surface area (Å²) in [5.74, 6) is 0.180. The molecular formula is C14H18N2O2. The topological polar surface area (TPSA) is 49.4 Å². The SMILES string of the molecule is CC(C)c1ccc(CN2C(=O)CNCC2=O)cc1. The van der Waals surface area contributed by atoms with E-state index in [0.717, 1.165) is 5.56 Å². The van der Waals surface area contributed by atoms with Crippen molar-refractivity contribution in [2.75, 3.05) is 13.1 Å². The monoisotopic (exact) mass is 246 g/mol. The average molecular weight is 246 g/mol. The molecule has 1 heterocycles. The lowest BCUT2D eigenvalue weighted by molar-refractivity contribution is -0.147. The Morgan fingerprint density at radius 2 is 1.67 bits per heavy atom. The lowest BCUT2D eigenvalue weighted by Gasteiger charge is -2.25. The molecule has 1 fully saturated rings. The highest BCUT2D eigenvalue weighted by Crippen LogP contribution is 2.16. The Morgan fingerprint density at radius 3 is 2.17 bits per heavy atom. The van der Waals surface area contributed by atoms with E-state index in [4.69, 9.17) is 0 Å². The molecule has 18 heavy (non-hydrogen) atoms. The molecule has 0 bridgehead atoms. The van der Waals surface area contributed by atoms with Crippen molar-refractivity contribution in [2.24, 2.45) is 0 Å². The number of piperazine rings is 1. The first-order chi connectivity index (χ1) is 8.58. The van der Waals surface area contributed by atoms with Crippen LogP contribution in [0.25, 0.3) is 0 Å². The number of benzene rings is 1. The van der Waals surface area contributed by atoms with Crippen LogP contribution >= 0.6 is 0 Å². The molecule has 0 aliphatic carbocycles. The van der Waals surface area contributed by atoms with Crippen molar-refractivity contribution in [3.05, 3.63) is 35.4 Å². The van der Waals surface area contributed by atoms with Crippen LogP contribution in [0.15, 0.2) is 24.3 Å². The third-order valence-electron chi connectivity index (χ3n) is 3.14. The Morgan fingerprint density at radius 1 is 1.11 bits per heavy atom. The molecule has 4 heteroatoms. The molecule has 0 saturated carbocycles. The minimum atomic E-state index is -0.154. The van der Waals surface area contributed by atoms with Gasteiger partial charge in [0.15, 0.2) is 0 Å². The predicted octanol–water partition coefficient (Wildman–Crippen LogP) is 1.27. The predicted molar refractivity (Wildman–Crippen MR) is 69.0 cm³/mol. The highest BCUT2D eigenvalue weighted by molar-refractivity contribution is 5.99. The van der Waals surface area contributed by atoms with E-state index in [1.165, 1.54) is 10.5 Å². The van der Waals surface area contributed by atoms with Crippen molar-refractivity contribution in [1.82, 2.24) is 10.2 Å². The van der Waals surface area contributed by atoms with Crippen LogP contribution in [0.3, 0.4) is 0 Å². The second kappa shape index (κ2) is 5.31. The quantitative estimate of drug-likeness (QED) is 0.817. The van der Waals surface area contributed by atoms with Crippen molar-refractivity contribution in [1.29, 1.82) is 0 Å². The van der Waals surface area contributed by atoms with Crippen LogP contribution in [0.5, 0.6) is 0 Å². The maximum Gasteiger partial charge on any atom is 0.243 e. The third kappa shape index (κ3) is 2.76. The Kier molecular flexibility index (Phi) is 3.77. The zero-order chi connectivity index (χ0) is 13.1. The van der Waals surface area contributed by atoms with Gasteiger partial charge in [-0.1, -0.05) is 38.1 Å². The van der Waals surface area contributed by atoms with E-state index in [-0.39, 0.29) is 24.9 Å². The van der Waals surface area contributed by atoms with E-state index in [1.807, 2.05) is 12.1 Å². The Hall–Kier alpha value is -1.68. The van der Waals surface area contributed by atoms with Gasteiger partial charge in [-0.3, -0.25) is 19.8 Å². The van der Waals surface area contributed by atoms with Gasteiger partial charge in [0.2, 0.25) is 11.8 Å². The highest BCUT2D eigenvalue weighted by atomic mass is 16.2. The summed E-state index contributed by atoms with van der Waals surface area (Å²) in [4.78, 5) is 24.6. The summed E-state index contributed by atoms with van der Waals surface area (Å²) in [5, 5.41) is 2.78. The van der Waals surface area contributed by atoms with Gasteiger partial charge >= 0.3 is 0 Å². The summed E-state index contributed by atoms with van der Waals surface area (Å²) in [5.41, 5.74) is 2.25. The molecule has 1 aromatic carbocycles. The van der Waals surface area contributed by atoms with Gasteiger partial charge in [0.25, 0.3) is 0 Å². The first kappa shape index (κ1) is 12.8. The van der Waals surface area contributed by atoms with Gasteiger partial charge in [-0.25, -0.2) is 0 Å². The van der Waals surface area contributed by atoms with Gasteiger partial charge < -0.3 is 0 Å². The van der Waals surface area contributed by atoms with E-state index < -0.39 is 0 Å². The number of nitrogens with one attached hydrogen (secondary N) is 1. The molecule has 96 valence electrons. The molecule has 0 atom stereocenters. The number of amides is 2. The van der Waals surface area contributed by atoms with Gasteiger partial charge in [-0.2, -0.15) is 0 Å². The van der Waals surface area contributed by atoms with Crippen LogP contribution < -0.4 is 5.32 Å². The van der Waals surface area contributed by atoms with Gasteiger partial charge in [0.05, 0.1) is 19.6 Å². The maximum atomic E-state index is 11.6.